The molecule has 0 rings (SSSR count). The predicted molar refractivity (Wildman–Crippen MR) is 44.0 cm³/mol. The van der Waals surface area contributed by atoms with Crippen LogP contribution in [0.5, 0.6) is 0 Å². The van der Waals surface area contributed by atoms with Crippen molar-refractivity contribution in [1.82, 2.24) is 0 Å². The lowest BCUT2D eigenvalue weighted by Crippen LogP contribution is -2.14. The highest BCUT2D eigenvalue weighted by atomic mass is 16.1. The van der Waals surface area contributed by atoms with Crippen molar-refractivity contribution in [3.63, 3.8) is 0 Å². The smallest absolute Gasteiger partial charge is 0.120 e. The average molecular weight is 142 g/mol. The third kappa shape index (κ3) is 3.00. The van der Waals surface area contributed by atoms with Crippen molar-refractivity contribution >= 4 is 6.29 Å². The van der Waals surface area contributed by atoms with Crippen molar-refractivity contribution in [1.29, 1.82) is 0 Å². The van der Waals surface area contributed by atoms with Gasteiger partial charge >= 0.3 is 0 Å². The summed E-state index contributed by atoms with van der Waals surface area (Å²) in [4.78, 5) is 10.3. The van der Waals surface area contributed by atoms with E-state index >= 15 is 0 Å². The molecule has 0 aliphatic carbocycles. The molecule has 10 heavy (non-hydrogen) atoms. The van der Waals surface area contributed by atoms with E-state index in [1.165, 1.54) is 12.8 Å². The van der Waals surface area contributed by atoms with Crippen LogP contribution in [0.25, 0.3) is 0 Å². The van der Waals surface area contributed by atoms with Crippen LogP contribution in [0.3, 0.4) is 0 Å². The van der Waals surface area contributed by atoms with Crippen LogP contribution in [0.15, 0.2) is 0 Å². The van der Waals surface area contributed by atoms with E-state index in [-0.39, 0.29) is 5.41 Å². The maximum absolute atomic E-state index is 10.3. The van der Waals surface area contributed by atoms with E-state index in [0.29, 0.717) is 0 Å². The highest BCUT2D eigenvalue weighted by Gasteiger charge is 2.19. The summed E-state index contributed by atoms with van der Waals surface area (Å²) in [6, 6.07) is 0. The number of hydrogen-bond acceptors (Lipinski definition) is 1. The van der Waals surface area contributed by atoms with Crippen molar-refractivity contribution in [2.24, 2.45) is 5.41 Å². The lowest BCUT2D eigenvalue weighted by Gasteiger charge is -2.24. The van der Waals surface area contributed by atoms with E-state index < -0.39 is 0 Å². The van der Waals surface area contributed by atoms with Gasteiger partial charge in [0.1, 0.15) is 6.29 Å². The van der Waals surface area contributed by atoms with E-state index in [1.54, 1.807) is 0 Å². The largest absolute Gasteiger partial charge is 0.303 e. The Balaban J connectivity index is 3.80. The second kappa shape index (κ2) is 4.48. The van der Waals surface area contributed by atoms with Gasteiger partial charge in [0.15, 0.2) is 0 Å². The SMILES string of the molecule is CCCC(C)(CC)CC=O. The Bertz CT molecular complexity index is 98.9. The molecule has 0 fully saturated rings. The van der Waals surface area contributed by atoms with Crippen LogP contribution in [0.1, 0.15) is 46.5 Å². The number of carbonyl (C=O) groups is 1. The number of carbonyl (C=O) groups excluding carboxylic acids is 1. The molecular weight excluding hydrogens is 124 g/mol. The van der Waals surface area contributed by atoms with Gasteiger partial charge in [0.25, 0.3) is 0 Å². The number of rotatable bonds is 5. The molecule has 0 aliphatic rings. The maximum Gasteiger partial charge on any atom is 0.120 e. The Morgan fingerprint density at radius 2 is 2.00 bits per heavy atom. The molecule has 0 bridgehead atoms. The number of aldehydes is 1. The second-order valence-corrected chi connectivity index (χ2v) is 3.29. The van der Waals surface area contributed by atoms with Crippen molar-refractivity contribution in [2.75, 3.05) is 0 Å². The van der Waals surface area contributed by atoms with E-state index in [0.717, 1.165) is 19.1 Å². The van der Waals surface area contributed by atoms with Crippen LogP contribution in [0, 0.1) is 5.41 Å². The Morgan fingerprint density at radius 3 is 2.30 bits per heavy atom. The van der Waals surface area contributed by atoms with E-state index in [1.807, 2.05) is 0 Å². The van der Waals surface area contributed by atoms with Gasteiger partial charge in [-0.15, -0.1) is 0 Å². The fraction of sp³-hybridized carbons (Fsp3) is 0.889. The monoisotopic (exact) mass is 142 g/mol. The molecular formula is C9H18O. The fourth-order valence-electron chi connectivity index (χ4n) is 1.23. The maximum atomic E-state index is 10.3. The molecule has 0 N–H and O–H groups in total. The molecule has 1 nitrogen and oxygen atoms in total. The van der Waals surface area contributed by atoms with Crippen LogP contribution < -0.4 is 0 Å². The Labute approximate surface area is 63.8 Å². The quantitative estimate of drug-likeness (QED) is 0.539. The van der Waals surface area contributed by atoms with Crippen molar-refractivity contribution in [3.8, 4) is 0 Å². The third-order valence-electron chi connectivity index (χ3n) is 2.28. The van der Waals surface area contributed by atoms with Crippen LogP contribution in [0.4, 0.5) is 0 Å². The first kappa shape index (κ1) is 9.67. The van der Waals surface area contributed by atoms with Crippen LogP contribution in [-0.4, -0.2) is 6.29 Å². The van der Waals surface area contributed by atoms with Crippen LogP contribution >= 0.6 is 0 Å². The predicted octanol–water partition coefficient (Wildman–Crippen LogP) is 2.79. The van der Waals surface area contributed by atoms with Crippen molar-refractivity contribution < 1.29 is 4.79 Å². The van der Waals surface area contributed by atoms with Gasteiger partial charge in [0.05, 0.1) is 0 Å². The van der Waals surface area contributed by atoms with Crippen LogP contribution in [-0.2, 0) is 4.79 Å². The minimum absolute atomic E-state index is 0.274. The normalized spacial score (nSPS) is 16.3. The molecule has 0 aromatic rings. The summed E-state index contributed by atoms with van der Waals surface area (Å²) < 4.78 is 0. The van der Waals surface area contributed by atoms with Gasteiger partial charge in [-0.25, -0.2) is 0 Å². The Morgan fingerprint density at radius 1 is 1.40 bits per heavy atom. The van der Waals surface area contributed by atoms with E-state index in [4.69, 9.17) is 0 Å². The Kier molecular flexibility index (Phi) is 4.33. The summed E-state index contributed by atoms with van der Waals surface area (Å²) in [5.74, 6) is 0. The van der Waals surface area contributed by atoms with E-state index in [9.17, 15) is 4.79 Å². The third-order valence-corrected chi connectivity index (χ3v) is 2.28. The van der Waals surface area contributed by atoms with Gasteiger partial charge < -0.3 is 4.79 Å². The zero-order chi connectivity index (χ0) is 8.04. The first-order chi connectivity index (χ1) is 4.68. The van der Waals surface area contributed by atoms with Gasteiger partial charge in [-0.3, -0.25) is 0 Å². The highest BCUT2D eigenvalue weighted by Crippen LogP contribution is 2.29. The zero-order valence-corrected chi connectivity index (χ0v) is 7.31. The molecule has 1 unspecified atom stereocenters. The average Bonchev–Trinajstić information content (AvgIpc) is 1.89. The molecule has 0 saturated carbocycles. The standard InChI is InChI=1S/C9H18O/c1-4-6-9(3,5-2)7-8-10/h8H,4-7H2,1-3H3. The first-order valence-corrected chi connectivity index (χ1v) is 4.12. The number of hydrogen-bond donors (Lipinski definition) is 0. The molecule has 1 atom stereocenters. The molecule has 0 aromatic heterocycles. The second-order valence-electron chi connectivity index (χ2n) is 3.29. The van der Waals surface area contributed by atoms with Gasteiger partial charge in [-0.05, 0) is 11.8 Å². The van der Waals surface area contributed by atoms with E-state index in [2.05, 4.69) is 20.8 Å². The molecule has 0 radical (unpaired) electrons. The summed E-state index contributed by atoms with van der Waals surface area (Å²) in [6.45, 7) is 6.50. The summed E-state index contributed by atoms with van der Waals surface area (Å²) in [6.07, 6.45) is 5.22. The van der Waals surface area contributed by atoms with Gasteiger partial charge in [-0.2, -0.15) is 0 Å². The lowest BCUT2D eigenvalue weighted by molar-refractivity contribution is -0.109. The zero-order valence-electron chi connectivity index (χ0n) is 7.31. The molecule has 0 heterocycles. The Hall–Kier alpha value is -0.330. The molecule has 0 aliphatic heterocycles. The summed E-state index contributed by atoms with van der Waals surface area (Å²) in [7, 11) is 0. The topological polar surface area (TPSA) is 17.1 Å². The molecule has 60 valence electrons. The van der Waals surface area contributed by atoms with Gasteiger partial charge in [0, 0.05) is 6.42 Å². The minimum Gasteiger partial charge on any atom is -0.303 e. The van der Waals surface area contributed by atoms with Crippen molar-refractivity contribution in [2.45, 2.75) is 46.5 Å². The minimum atomic E-state index is 0.274. The summed E-state index contributed by atoms with van der Waals surface area (Å²) in [5, 5.41) is 0. The van der Waals surface area contributed by atoms with Gasteiger partial charge in [-0.1, -0.05) is 33.6 Å². The highest BCUT2D eigenvalue weighted by molar-refractivity contribution is 5.50. The van der Waals surface area contributed by atoms with Crippen molar-refractivity contribution in [3.05, 3.63) is 0 Å². The van der Waals surface area contributed by atoms with Gasteiger partial charge in [0.2, 0.25) is 0 Å². The summed E-state index contributed by atoms with van der Waals surface area (Å²) >= 11 is 0. The van der Waals surface area contributed by atoms with Crippen LogP contribution in [0.2, 0.25) is 0 Å². The summed E-state index contributed by atoms with van der Waals surface area (Å²) in [5.41, 5.74) is 0.274. The first-order valence-electron chi connectivity index (χ1n) is 4.12. The molecule has 0 aromatic carbocycles. The lowest BCUT2D eigenvalue weighted by atomic mass is 9.80. The molecule has 0 saturated heterocycles. The molecule has 0 amide bonds. The molecule has 0 spiro atoms. The fourth-order valence-corrected chi connectivity index (χ4v) is 1.23. The molecule has 1 heteroatoms.